The molecule has 0 radical (unpaired) electrons. The van der Waals surface area contributed by atoms with Crippen LogP contribution in [0.3, 0.4) is 0 Å². The molecule has 0 amide bonds. The van der Waals surface area contributed by atoms with Crippen LogP contribution in [-0.4, -0.2) is 18.5 Å². The Hall–Kier alpha value is -2.11. The topological polar surface area (TPSA) is 47.6 Å². The van der Waals surface area contributed by atoms with Gasteiger partial charge in [-0.15, -0.1) is 0 Å². The zero-order valence-corrected chi connectivity index (χ0v) is 13.9. The first-order valence-corrected chi connectivity index (χ1v) is 8.16. The second kappa shape index (κ2) is 6.98. The highest BCUT2D eigenvalue weighted by Gasteiger charge is 2.26. The number of rotatable bonds is 3. The van der Waals surface area contributed by atoms with E-state index in [2.05, 4.69) is 5.32 Å². The molecule has 3 rings (SSSR count). The van der Waals surface area contributed by atoms with Crippen LogP contribution in [0, 0.1) is 0 Å². The molecule has 118 valence electrons. The van der Waals surface area contributed by atoms with Gasteiger partial charge in [0, 0.05) is 16.0 Å². The summed E-state index contributed by atoms with van der Waals surface area (Å²) in [7, 11) is 1.34. The van der Waals surface area contributed by atoms with Gasteiger partial charge in [-0.25, -0.2) is 4.79 Å². The van der Waals surface area contributed by atoms with Gasteiger partial charge in [-0.2, -0.15) is 0 Å². The molecule has 0 aliphatic carbocycles. The summed E-state index contributed by atoms with van der Waals surface area (Å²) >= 11 is 7.51. The number of benzene rings is 2. The number of hydrogen-bond acceptors (Lipinski definition) is 5. The minimum Gasteiger partial charge on any atom is -0.471 e. The second-order valence-corrected chi connectivity index (χ2v) is 6.34. The van der Waals surface area contributed by atoms with E-state index in [1.807, 2.05) is 30.3 Å². The van der Waals surface area contributed by atoms with E-state index in [9.17, 15) is 4.79 Å². The molecule has 0 aromatic heterocycles. The van der Waals surface area contributed by atoms with Crippen molar-refractivity contribution in [2.45, 2.75) is 10.3 Å². The van der Waals surface area contributed by atoms with Crippen LogP contribution in [0.1, 0.15) is 0 Å². The standard InChI is InChI=1S/C17H14ClNO3S/c1-21-16(20)10-14-17(23-12-5-3-2-4-6-12)22-15-8-7-11(18)9-13(15)19-14/h2-10,17,19H,1H3/b14-10-. The van der Waals surface area contributed by atoms with Gasteiger partial charge < -0.3 is 14.8 Å². The minimum absolute atomic E-state index is 0.384. The van der Waals surface area contributed by atoms with Gasteiger partial charge in [0.1, 0.15) is 5.75 Å². The predicted molar refractivity (Wildman–Crippen MR) is 91.9 cm³/mol. The predicted octanol–water partition coefficient (Wildman–Crippen LogP) is 4.32. The number of halogens is 1. The molecule has 0 saturated carbocycles. The number of esters is 1. The molecule has 23 heavy (non-hydrogen) atoms. The smallest absolute Gasteiger partial charge is 0.332 e. The number of carbonyl (C=O) groups excluding carboxylic acids is 1. The third-order valence-electron chi connectivity index (χ3n) is 3.17. The number of ether oxygens (including phenoxy) is 2. The molecule has 1 N–H and O–H groups in total. The molecular weight excluding hydrogens is 334 g/mol. The largest absolute Gasteiger partial charge is 0.471 e. The molecule has 1 aliphatic heterocycles. The molecule has 1 heterocycles. The van der Waals surface area contributed by atoms with E-state index in [-0.39, 0.29) is 5.44 Å². The Kier molecular flexibility index (Phi) is 4.79. The summed E-state index contributed by atoms with van der Waals surface area (Å²) in [6.07, 6.45) is 1.39. The van der Waals surface area contributed by atoms with Crippen LogP contribution in [0.5, 0.6) is 5.75 Å². The summed E-state index contributed by atoms with van der Waals surface area (Å²) in [6.45, 7) is 0. The number of methoxy groups -OCH3 is 1. The molecule has 0 fully saturated rings. The maximum atomic E-state index is 11.6. The number of nitrogens with one attached hydrogen (secondary N) is 1. The zero-order chi connectivity index (χ0) is 16.2. The molecule has 1 unspecified atom stereocenters. The molecule has 0 spiro atoms. The monoisotopic (exact) mass is 347 g/mol. The van der Waals surface area contributed by atoms with Crippen LogP contribution < -0.4 is 10.1 Å². The number of thioether (sulfide) groups is 1. The van der Waals surface area contributed by atoms with Gasteiger partial charge in [0.05, 0.1) is 18.5 Å². The maximum Gasteiger partial charge on any atom is 0.332 e. The fourth-order valence-corrected chi connectivity index (χ4v) is 3.24. The fraction of sp³-hybridized carbons (Fsp3) is 0.118. The van der Waals surface area contributed by atoms with Crippen molar-refractivity contribution in [3.05, 3.63) is 65.3 Å². The Morgan fingerprint density at radius 3 is 2.83 bits per heavy atom. The Balaban J connectivity index is 1.92. The first-order valence-electron chi connectivity index (χ1n) is 6.90. The summed E-state index contributed by atoms with van der Waals surface area (Å²) < 4.78 is 10.7. The first kappa shape index (κ1) is 15.8. The van der Waals surface area contributed by atoms with E-state index in [1.54, 1.807) is 18.2 Å². The molecule has 1 atom stereocenters. The average molecular weight is 348 g/mol. The highest BCUT2D eigenvalue weighted by molar-refractivity contribution is 8.00. The zero-order valence-electron chi connectivity index (χ0n) is 12.3. The van der Waals surface area contributed by atoms with Crippen molar-refractivity contribution in [1.82, 2.24) is 0 Å². The van der Waals surface area contributed by atoms with Crippen molar-refractivity contribution in [3.63, 3.8) is 0 Å². The number of fused-ring (bicyclic) bond motifs is 1. The summed E-state index contributed by atoms with van der Waals surface area (Å²) in [5.74, 6) is 0.241. The number of hydrogen-bond donors (Lipinski definition) is 1. The Labute approximate surface area is 143 Å². The van der Waals surface area contributed by atoms with E-state index in [1.165, 1.54) is 24.9 Å². The van der Waals surface area contributed by atoms with E-state index in [0.717, 1.165) is 10.6 Å². The lowest BCUT2D eigenvalue weighted by atomic mass is 10.2. The number of carbonyl (C=O) groups is 1. The van der Waals surface area contributed by atoms with Gasteiger partial charge in [-0.3, -0.25) is 0 Å². The summed E-state index contributed by atoms with van der Waals surface area (Å²) in [5, 5.41) is 3.79. The normalized spacial score (nSPS) is 17.8. The van der Waals surface area contributed by atoms with Crippen molar-refractivity contribution >= 4 is 35.0 Å². The van der Waals surface area contributed by atoms with Gasteiger partial charge in [0.2, 0.25) is 0 Å². The van der Waals surface area contributed by atoms with Crippen molar-refractivity contribution in [3.8, 4) is 5.75 Å². The van der Waals surface area contributed by atoms with Crippen molar-refractivity contribution < 1.29 is 14.3 Å². The average Bonchev–Trinajstić information content (AvgIpc) is 2.56. The SMILES string of the molecule is COC(=O)/C=C1\Nc2cc(Cl)ccc2OC1Sc1ccccc1. The van der Waals surface area contributed by atoms with Gasteiger partial charge >= 0.3 is 5.97 Å². The van der Waals surface area contributed by atoms with Gasteiger partial charge in [0.25, 0.3) is 0 Å². The molecule has 0 saturated heterocycles. The Morgan fingerprint density at radius 1 is 1.30 bits per heavy atom. The van der Waals surface area contributed by atoms with Crippen LogP contribution in [0.4, 0.5) is 5.69 Å². The maximum absolute atomic E-state index is 11.6. The highest BCUT2D eigenvalue weighted by Crippen LogP contribution is 2.40. The van der Waals surface area contributed by atoms with Crippen molar-refractivity contribution in [2.75, 3.05) is 12.4 Å². The molecule has 2 aromatic carbocycles. The van der Waals surface area contributed by atoms with Crippen LogP contribution in [-0.2, 0) is 9.53 Å². The fourth-order valence-electron chi connectivity index (χ4n) is 2.10. The lowest BCUT2D eigenvalue weighted by Crippen LogP contribution is -2.26. The molecule has 4 nitrogen and oxygen atoms in total. The quantitative estimate of drug-likeness (QED) is 0.662. The summed E-state index contributed by atoms with van der Waals surface area (Å²) in [5.41, 5.74) is 0.947. The van der Waals surface area contributed by atoms with E-state index in [0.29, 0.717) is 16.5 Å². The summed E-state index contributed by atoms with van der Waals surface area (Å²) in [4.78, 5) is 12.7. The van der Waals surface area contributed by atoms with Crippen LogP contribution in [0.15, 0.2) is 65.2 Å². The van der Waals surface area contributed by atoms with Crippen LogP contribution in [0.25, 0.3) is 0 Å². The molecule has 2 aromatic rings. The van der Waals surface area contributed by atoms with E-state index >= 15 is 0 Å². The molecular formula is C17H14ClNO3S. The first-order chi connectivity index (χ1) is 11.2. The van der Waals surface area contributed by atoms with E-state index < -0.39 is 5.97 Å². The highest BCUT2D eigenvalue weighted by atomic mass is 35.5. The van der Waals surface area contributed by atoms with Crippen LogP contribution in [0.2, 0.25) is 5.02 Å². The van der Waals surface area contributed by atoms with Gasteiger partial charge in [-0.1, -0.05) is 41.6 Å². The Morgan fingerprint density at radius 2 is 2.09 bits per heavy atom. The second-order valence-electron chi connectivity index (χ2n) is 4.77. The third kappa shape index (κ3) is 3.81. The third-order valence-corrected chi connectivity index (χ3v) is 4.51. The summed E-state index contributed by atoms with van der Waals surface area (Å²) in [6, 6.07) is 15.2. The Bertz CT molecular complexity index is 749. The van der Waals surface area contributed by atoms with Crippen molar-refractivity contribution in [2.24, 2.45) is 0 Å². The van der Waals surface area contributed by atoms with E-state index in [4.69, 9.17) is 21.1 Å². The van der Waals surface area contributed by atoms with Crippen LogP contribution >= 0.6 is 23.4 Å². The minimum atomic E-state index is -0.444. The van der Waals surface area contributed by atoms with Crippen molar-refractivity contribution in [1.29, 1.82) is 0 Å². The molecule has 1 aliphatic rings. The number of anilines is 1. The van der Waals surface area contributed by atoms with Gasteiger partial charge in [-0.05, 0) is 30.3 Å². The lowest BCUT2D eigenvalue weighted by Gasteiger charge is -2.29. The molecule has 0 bridgehead atoms. The van der Waals surface area contributed by atoms with Gasteiger partial charge in [0.15, 0.2) is 5.44 Å². The molecule has 6 heteroatoms. The lowest BCUT2D eigenvalue weighted by molar-refractivity contribution is -0.134.